The van der Waals surface area contributed by atoms with E-state index in [0.717, 1.165) is 17.1 Å². The number of aromatic nitrogens is 2. The van der Waals surface area contributed by atoms with E-state index in [1.807, 2.05) is 48.0 Å². The van der Waals surface area contributed by atoms with Crippen molar-refractivity contribution in [3.63, 3.8) is 0 Å². The van der Waals surface area contributed by atoms with E-state index >= 15 is 0 Å². The molecule has 0 saturated heterocycles. The number of azo groups is 1. The van der Waals surface area contributed by atoms with E-state index in [4.69, 9.17) is 0 Å². The molecule has 2 aromatic rings. The number of fused-ring (bicyclic) bond motifs is 1. The van der Waals surface area contributed by atoms with E-state index in [9.17, 15) is 0 Å². The molecule has 0 saturated carbocycles. The molecule has 0 amide bonds. The summed E-state index contributed by atoms with van der Waals surface area (Å²) >= 11 is 0. The highest BCUT2D eigenvalue weighted by atomic mass is 15.5. The van der Waals surface area contributed by atoms with E-state index in [2.05, 4.69) is 15.3 Å². The number of benzene rings is 1. The van der Waals surface area contributed by atoms with Gasteiger partial charge in [0.1, 0.15) is 0 Å². The van der Waals surface area contributed by atoms with Crippen LogP contribution in [0.3, 0.4) is 0 Å². The minimum atomic E-state index is -0.0881. The summed E-state index contributed by atoms with van der Waals surface area (Å²) in [6.45, 7) is 1.96. The first kappa shape index (κ1) is 8.35. The first-order chi connectivity index (χ1) is 7.34. The van der Waals surface area contributed by atoms with Crippen molar-refractivity contribution in [1.82, 2.24) is 9.78 Å². The zero-order valence-electron chi connectivity index (χ0n) is 8.33. The molecule has 3 rings (SSSR count). The lowest BCUT2D eigenvalue weighted by Gasteiger charge is -2.07. The van der Waals surface area contributed by atoms with Crippen LogP contribution in [0.15, 0.2) is 46.6 Å². The average Bonchev–Trinajstić information content (AvgIpc) is 2.77. The average molecular weight is 198 g/mol. The molecule has 74 valence electrons. The molecular weight excluding hydrogens is 188 g/mol. The van der Waals surface area contributed by atoms with E-state index in [1.165, 1.54) is 0 Å². The quantitative estimate of drug-likeness (QED) is 0.694. The summed E-state index contributed by atoms with van der Waals surface area (Å²) in [6, 6.07) is 12.0. The minimum Gasteiger partial charge on any atom is -0.215 e. The molecule has 4 heteroatoms. The lowest BCUT2D eigenvalue weighted by Crippen LogP contribution is -2.05. The van der Waals surface area contributed by atoms with E-state index in [1.54, 1.807) is 0 Å². The van der Waals surface area contributed by atoms with Crippen LogP contribution in [0.25, 0.3) is 0 Å². The van der Waals surface area contributed by atoms with Crippen LogP contribution in [0, 0.1) is 6.92 Å². The van der Waals surface area contributed by atoms with Gasteiger partial charge in [0.15, 0.2) is 12.0 Å². The summed E-state index contributed by atoms with van der Waals surface area (Å²) in [7, 11) is 0. The fraction of sp³-hybridized carbons (Fsp3) is 0.182. The molecule has 0 spiro atoms. The van der Waals surface area contributed by atoms with Crippen LogP contribution in [0.4, 0.5) is 5.82 Å². The van der Waals surface area contributed by atoms with Gasteiger partial charge in [0, 0.05) is 11.6 Å². The maximum absolute atomic E-state index is 4.38. The number of hydrogen-bond acceptors (Lipinski definition) is 3. The van der Waals surface area contributed by atoms with Gasteiger partial charge >= 0.3 is 0 Å². The third-order valence-electron chi connectivity index (χ3n) is 2.44. The summed E-state index contributed by atoms with van der Waals surface area (Å²) in [5.74, 6) is 0.835. The van der Waals surface area contributed by atoms with Crippen molar-refractivity contribution in [1.29, 1.82) is 0 Å². The summed E-state index contributed by atoms with van der Waals surface area (Å²) in [6.07, 6.45) is -0.0881. The highest BCUT2D eigenvalue weighted by molar-refractivity contribution is 5.34. The molecule has 2 heterocycles. The topological polar surface area (TPSA) is 42.5 Å². The van der Waals surface area contributed by atoms with Crippen LogP contribution in [-0.2, 0) is 0 Å². The summed E-state index contributed by atoms with van der Waals surface area (Å²) < 4.78 is 1.85. The SMILES string of the molecule is Cc1cc2n(n1)C(c1ccccc1)N=N2. The van der Waals surface area contributed by atoms with Gasteiger partial charge < -0.3 is 0 Å². The minimum absolute atomic E-state index is 0.0881. The molecule has 1 atom stereocenters. The largest absolute Gasteiger partial charge is 0.215 e. The van der Waals surface area contributed by atoms with Crippen molar-refractivity contribution >= 4 is 5.82 Å². The Hall–Kier alpha value is -1.97. The van der Waals surface area contributed by atoms with Crippen molar-refractivity contribution in [2.24, 2.45) is 10.2 Å². The Balaban J connectivity index is 2.08. The molecule has 1 unspecified atom stereocenters. The highest BCUT2D eigenvalue weighted by Crippen LogP contribution is 2.32. The second kappa shape index (κ2) is 3.02. The van der Waals surface area contributed by atoms with E-state index < -0.39 is 0 Å². The van der Waals surface area contributed by atoms with Gasteiger partial charge in [0.2, 0.25) is 0 Å². The van der Waals surface area contributed by atoms with E-state index in [-0.39, 0.29) is 6.17 Å². The Kier molecular flexibility index (Phi) is 1.68. The smallest absolute Gasteiger partial charge is 0.190 e. The van der Waals surface area contributed by atoms with Gasteiger partial charge in [-0.3, -0.25) is 0 Å². The summed E-state index contributed by atoms with van der Waals surface area (Å²) in [5, 5.41) is 12.7. The predicted octanol–water partition coefficient (Wildman–Crippen LogP) is 2.84. The Morgan fingerprint density at radius 1 is 1.20 bits per heavy atom. The first-order valence-corrected chi connectivity index (χ1v) is 4.86. The van der Waals surface area contributed by atoms with Crippen molar-refractivity contribution < 1.29 is 0 Å². The lowest BCUT2D eigenvalue weighted by molar-refractivity contribution is 0.568. The molecule has 0 aliphatic carbocycles. The Bertz CT molecular complexity index is 513. The third-order valence-corrected chi connectivity index (χ3v) is 2.44. The second-order valence-electron chi connectivity index (χ2n) is 3.59. The number of nitrogens with zero attached hydrogens (tertiary/aromatic N) is 4. The lowest BCUT2D eigenvalue weighted by atomic mass is 10.2. The summed E-state index contributed by atoms with van der Waals surface area (Å²) in [4.78, 5) is 0. The zero-order valence-corrected chi connectivity index (χ0v) is 8.33. The number of hydrogen-bond donors (Lipinski definition) is 0. The van der Waals surface area contributed by atoms with Gasteiger partial charge in [0.25, 0.3) is 0 Å². The van der Waals surface area contributed by atoms with Crippen LogP contribution in [0.2, 0.25) is 0 Å². The number of rotatable bonds is 1. The van der Waals surface area contributed by atoms with Crippen LogP contribution >= 0.6 is 0 Å². The van der Waals surface area contributed by atoms with Crippen molar-refractivity contribution in [2.45, 2.75) is 13.1 Å². The van der Waals surface area contributed by atoms with Gasteiger partial charge in [-0.2, -0.15) is 10.2 Å². The molecule has 1 aliphatic rings. The van der Waals surface area contributed by atoms with Crippen LogP contribution < -0.4 is 0 Å². The van der Waals surface area contributed by atoms with Gasteiger partial charge in [-0.05, 0) is 6.92 Å². The molecule has 1 aliphatic heterocycles. The predicted molar refractivity (Wildman–Crippen MR) is 56.1 cm³/mol. The molecule has 4 nitrogen and oxygen atoms in total. The number of aryl methyl sites for hydroxylation is 1. The Morgan fingerprint density at radius 2 is 2.00 bits per heavy atom. The molecule has 0 bridgehead atoms. The zero-order chi connectivity index (χ0) is 10.3. The Morgan fingerprint density at radius 3 is 2.80 bits per heavy atom. The van der Waals surface area contributed by atoms with Gasteiger partial charge in [-0.25, -0.2) is 4.68 Å². The Labute approximate surface area is 87.3 Å². The van der Waals surface area contributed by atoms with Crippen molar-refractivity contribution in [2.75, 3.05) is 0 Å². The van der Waals surface area contributed by atoms with E-state index in [0.29, 0.717) is 0 Å². The fourth-order valence-electron chi connectivity index (χ4n) is 1.75. The van der Waals surface area contributed by atoms with Gasteiger partial charge in [0.05, 0.1) is 5.69 Å². The normalized spacial score (nSPS) is 18.1. The van der Waals surface area contributed by atoms with Crippen LogP contribution in [0.1, 0.15) is 17.4 Å². The molecule has 1 aromatic carbocycles. The maximum atomic E-state index is 4.38. The summed E-state index contributed by atoms with van der Waals surface area (Å²) in [5.41, 5.74) is 2.09. The van der Waals surface area contributed by atoms with Crippen LogP contribution in [-0.4, -0.2) is 9.78 Å². The first-order valence-electron chi connectivity index (χ1n) is 4.86. The van der Waals surface area contributed by atoms with Crippen LogP contribution in [0.5, 0.6) is 0 Å². The molecular formula is C11H10N4. The van der Waals surface area contributed by atoms with Gasteiger partial charge in [-0.1, -0.05) is 30.3 Å². The fourth-order valence-corrected chi connectivity index (χ4v) is 1.75. The molecule has 0 fully saturated rings. The standard InChI is InChI=1S/C11H10N4/c1-8-7-10-12-13-11(15(10)14-8)9-5-3-2-4-6-9/h2-7,11H,1H3. The van der Waals surface area contributed by atoms with Crippen molar-refractivity contribution in [3.05, 3.63) is 47.7 Å². The monoisotopic (exact) mass is 198 g/mol. The maximum Gasteiger partial charge on any atom is 0.190 e. The molecule has 1 aromatic heterocycles. The second-order valence-corrected chi connectivity index (χ2v) is 3.59. The molecule has 0 radical (unpaired) electrons. The van der Waals surface area contributed by atoms with Gasteiger partial charge in [-0.15, -0.1) is 5.11 Å². The molecule has 0 N–H and O–H groups in total. The molecule has 15 heavy (non-hydrogen) atoms. The highest BCUT2D eigenvalue weighted by Gasteiger charge is 2.22. The third kappa shape index (κ3) is 1.26. The van der Waals surface area contributed by atoms with Crippen molar-refractivity contribution in [3.8, 4) is 0 Å².